The molecule has 1 atom stereocenters. The fourth-order valence-corrected chi connectivity index (χ4v) is 2.47. The lowest BCUT2D eigenvalue weighted by atomic mass is 9.83. The Morgan fingerprint density at radius 1 is 1.31 bits per heavy atom. The van der Waals surface area contributed by atoms with Gasteiger partial charge >= 0.3 is 12.1 Å². The zero-order valence-corrected chi connectivity index (χ0v) is 9.77. The zero-order valence-electron chi connectivity index (χ0n) is 9.77. The van der Waals surface area contributed by atoms with Gasteiger partial charge in [0, 0.05) is 6.04 Å². The van der Waals surface area contributed by atoms with Gasteiger partial charge in [-0.1, -0.05) is 0 Å². The molecule has 5 heteroatoms. The average molecular weight is 227 g/mol. The molecule has 1 saturated carbocycles. The van der Waals surface area contributed by atoms with Crippen molar-refractivity contribution in [3.8, 4) is 0 Å². The molecule has 1 amide bonds. The van der Waals surface area contributed by atoms with Crippen LogP contribution in [0.25, 0.3) is 0 Å². The van der Waals surface area contributed by atoms with Gasteiger partial charge in [-0.3, -0.25) is 4.90 Å². The molecular formula is C11H17NO4. The van der Waals surface area contributed by atoms with E-state index in [0.717, 1.165) is 12.8 Å². The number of hydrogen-bond acceptors (Lipinski definition) is 3. The molecule has 0 aromatic carbocycles. The number of nitrogens with zero attached hydrogens (tertiary/aromatic N) is 1. The van der Waals surface area contributed by atoms with Gasteiger partial charge in [0.25, 0.3) is 0 Å². The van der Waals surface area contributed by atoms with Crippen molar-refractivity contribution in [3.63, 3.8) is 0 Å². The quantitative estimate of drug-likeness (QED) is 0.736. The summed E-state index contributed by atoms with van der Waals surface area (Å²) in [6, 6.07) is -0.610. The second-order valence-electron chi connectivity index (χ2n) is 5.56. The van der Waals surface area contributed by atoms with Crippen molar-refractivity contribution in [2.75, 3.05) is 0 Å². The SMILES string of the molecule is CC(C)(C)OC(=O)N1C2CC(C2)[C@@H]1C(=O)O. The Bertz CT molecular complexity index is 327. The third kappa shape index (κ3) is 1.74. The Kier molecular flexibility index (Phi) is 2.36. The summed E-state index contributed by atoms with van der Waals surface area (Å²) in [6.07, 6.45) is 1.11. The summed E-state index contributed by atoms with van der Waals surface area (Å²) < 4.78 is 5.22. The number of carbonyl (C=O) groups is 2. The Morgan fingerprint density at radius 3 is 2.31 bits per heavy atom. The zero-order chi connectivity index (χ0) is 12.1. The number of amides is 1. The van der Waals surface area contributed by atoms with E-state index in [1.54, 1.807) is 20.8 Å². The third-order valence-corrected chi connectivity index (χ3v) is 3.15. The van der Waals surface area contributed by atoms with Crippen LogP contribution < -0.4 is 0 Å². The summed E-state index contributed by atoms with van der Waals surface area (Å²) in [7, 11) is 0. The van der Waals surface area contributed by atoms with E-state index in [9.17, 15) is 9.59 Å². The van der Waals surface area contributed by atoms with E-state index in [1.807, 2.05) is 0 Å². The molecule has 3 rings (SSSR count). The number of carboxylic acid groups (broad SMARTS) is 1. The number of carboxylic acids is 1. The maximum absolute atomic E-state index is 11.9. The molecule has 0 unspecified atom stereocenters. The van der Waals surface area contributed by atoms with Gasteiger partial charge in [-0.15, -0.1) is 0 Å². The summed E-state index contributed by atoms with van der Waals surface area (Å²) in [5, 5.41) is 9.08. The van der Waals surface area contributed by atoms with Crippen molar-refractivity contribution in [1.82, 2.24) is 4.90 Å². The number of aliphatic carboxylic acids is 1. The van der Waals surface area contributed by atoms with Crippen molar-refractivity contribution >= 4 is 12.1 Å². The smallest absolute Gasteiger partial charge is 0.411 e. The second-order valence-corrected chi connectivity index (χ2v) is 5.56. The van der Waals surface area contributed by atoms with Gasteiger partial charge in [-0.25, -0.2) is 9.59 Å². The van der Waals surface area contributed by atoms with Crippen LogP contribution in [0.15, 0.2) is 0 Å². The van der Waals surface area contributed by atoms with Gasteiger partial charge in [0.15, 0.2) is 0 Å². The van der Waals surface area contributed by atoms with E-state index in [2.05, 4.69) is 0 Å². The van der Waals surface area contributed by atoms with Gasteiger partial charge in [-0.05, 0) is 39.5 Å². The van der Waals surface area contributed by atoms with Crippen LogP contribution in [0.5, 0.6) is 0 Å². The Labute approximate surface area is 94.4 Å². The molecule has 5 nitrogen and oxygen atoms in total. The summed E-state index contributed by atoms with van der Waals surface area (Å²) in [4.78, 5) is 24.3. The van der Waals surface area contributed by atoms with E-state index in [0.29, 0.717) is 0 Å². The van der Waals surface area contributed by atoms with Crippen molar-refractivity contribution < 1.29 is 19.4 Å². The molecule has 3 aliphatic rings. The molecule has 2 bridgehead atoms. The van der Waals surface area contributed by atoms with Crippen molar-refractivity contribution in [2.24, 2.45) is 5.92 Å². The maximum Gasteiger partial charge on any atom is 0.411 e. The van der Waals surface area contributed by atoms with Crippen LogP contribution >= 0.6 is 0 Å². The molecule has 90 valence electrons. The largest absolute Gasteiger partial charge is 0.480 e. The standard InChI is InChI=1S/C11H17NO4/c1-11(2,3)16-10(15)12-7-4-6(5-7)8(12)9(13)14/h6-8H,4-5H2,1-3H3,(H,13,14)/t6?,7?,8-/m1/s1. The lowest BCUT2D eigenvalue weighted by molar-refractivity contribution is -0.142. The fraction of sp³-hybridized carbons (Fsp3) is 0.818. The number of hydrogen-bond donors (Lipinski definition) is 1. The molecule has 2 saturated heterocycles. The van der Waals surface area contributed by atoms with Crippen LogP contribution in [0.3, 0.4) is 0 Å². The minimum absolute atomic E-state index is 0.0703. The van der Waals surface area contributed by atoms with Crippen LogP contribution in [-0.2, 0) is 9.53 Å². The minimum atomic E-state index is -0.921. The first kappa shape index (κ1) is 11.2. The van der Waals surface area contributed by atoms with E-state index < -0.39 is 23.7 Å². The molecule has 2 aliphatic heterocycles. The highest BCUT2D eigenvalue weighted by Crippen LogP contribution is 2.46. The number of rotatable bonds is 1. The number of carbonyl (C=O) groups excluding carboxylic acids is 1. The van der Waals surface area contributed by atoms with Crippen molar-refractivity contribution in [3.05, 3.63) is 0 Å². The van der Waals surface area contributed by atoms with Gasteiger partial charge in [0.05, 0.1) is 0 Å². The van der Waals surface area contributed by atoms with Crippen LogP contribution in [-0.4, -0.2) is 39.8 Å². The Morgan fingerprint density at radius 2 is 1.88 bits per heavy atom. The predicted molar refractivity (Wildman–Crippen MR) is 56.0 cm³/mol. The molecule has 1 aliphatic carbocycles. The maximum atomic E-state index is 11.9. The molecule has 0 radical (unpaired) electrons. The van der Waals surface area contributed by atoms with Gasteiger partial charge in [0.1, 0.15) is 11.6 Å². The van der Waals surface area contributed by atoms with Crippen LogP contribution in [0, 0.1) is 5.92 Å². The normalized spacial score (nSPS) is 32.2. The highest BCUT2D eigenvalue weighted by Gasteiger charge is 2.56. The van der Waals surface area contributed by atoms with Gasteiger partial charge < -0.3 is 9.84 Å². The summed E-state index contributed by atoms with van der Waals surface area (Å²) in [5.74, 6) is -0.800. The first-order valence-electron chi connectivity index (χ1n) is 5.54. The highest BCUT2D eigenvalue weighted by atomic mass is 16.6. The molecule has 1 N–H and O–H groups in total. The molecular weight excluding hydrogens is 210 g/mol. The van der Waals surface area contributed by atoms with E-state index in [-0.39, 0.29) is 12.0 Å². The molecule has 16 heavy (non-hydrogen) atoms. The van der Waals surface area contributed by atoms with Crippen molar-refractivity contribution in [2.45, 2.75) is 51.3 Å². The molecule has 0 spiro atoms. The topological polar surface area (TPSA) is 66.8 Å². The number of fused-ring (bicyclic) bond motifs is 1. The lowest BCUT2D eigenvalue weighted by Crippen LogP contribution is -2.44. The number of ether oxygens (including phenoxy) is 1. The Balaban J connectivity index is 2.09. The summed E-state index contributed by atoms with van der Waals surface area (Å²) in [5.41, 5.74) is -0.576. The summed E-state index contributed by atoms with van der Waals surface area (Å²) >= 11 is 0. The van der Waals surface area contributed by atoms with E-state index >= 15 is 0 Å². The first-order valence-corrected chi connectivity index (χ1v) is 5.54. The first-order chi connectivity index (χ1) is 7.29. The Hall–Kier alpha value is -1.26. The van der Waals surface area contributed by atoms with Crippen molar-refractivity contribution in [1.29, 1.82) is 0 Å². The monoisotopic (exact) mass is 227 g/mol. The minimum Gasteiger partial charge on any atom is -0.480 e. The second kappa shape index (κ2) is 3.37. The fourth-order valence-electron chi connectivity index (χ4n) is 2.47. The van der Waals surface area contributed by atoms with Crippen LogP contribution in [0.2, 0.25) is 0 Å². The lowest BCUT2D eigenvalue weighted by Gasteiger charge is -2.28. The third-order valence-electron chi connectivity index (χ3n) is 3.15. The molecule has 2 heterocycles. The predicted octanol–water partition coefficient (Wildman–Crippen LogP) is 1.47. The van der Waals surface area contributed by atoms with Gasteiger partial charge in [-0.2, -0.15) is 0 Å². The molecule has 0 aromatic rings. The highest BCUT2D eigenvalue weighted by molar-refractivity contribution is 5.82. The molecule has 3 fully saturated rings. The average Bonchev–Trinajstić information content (AvgIpc) is 2.50. The van der Waals surface area contributed by atoms with E-state index in [4.69, 9.17) is 9.84 Å². The van der Waals surface area contributed by atoms with E-state index in [1.165, 1.54) is 4.90 Å². The molecule has 0 aromatic heterocycles. The van der Waals surface area contributed by atoms with Crippen LogP contribution in [0.1, 0.15) is 33.6 Å². The summed E-state index contributed by atoms with van der Waals surface area (Å²) in [6.45, 7) is 5.34. The van der Waals surface area contributed by atoms with Gasteiger partial charge in [0.2, 0.25) is 0 Å². The van der Waals surface area contributed by atoms with Crippen LogP contribution in [0.4, 0.5) is 4.79 Å².